The molecule has 0 aliphatic carbocycles. The summed E-state index contributed by atoms with van der Waals surface area (Å²) in [7, 11) is -2.38. The molecule has 0 bridgehead atoms. The minimum atomic E-state index is -4.00. The first-order valence-electron chi connectivity index (χ1n) is 12.0. The normalized spacial score (nSPS) is 12.0. The summed E-state index contributed by atoms with van der Waals surface area (Å²) in [6.45, 7) is 7.81. The van der Waals surface area contributed by atoms with Crippen LogP contribution in [0, 0.1) is 13.8 Å². The lowest BCUT2D eigenvalue weighted by Gasteiger charge is -2.26. The smallest absolute Gasteiger partial charge is 0.264 e. The highest BCUT2D eigenvalue weighted by molar-refractivity contribution is 7.92. The molecule has 1 N–H and O–H groups in total. The van der Waals surface area contributed by atoms with E-state index in [9.17, 15) is 13.2 Å². The third-order valence-electron chi connectivity index (χ3n) is 5.90. The topological polar surface area (TPSA) is 84.9 Å². The van der Waals surface area contributed by atoms with Gasteiger partial charge in [-0.1, -0.05) is 36.8 Å². The molecule has 3 aromatic rings. The Labute approximate surface area is 214 Å². The summed E-state index contributed by atoms with van der Waals surface area (Å²) in [5.74, 6) is 0.991. The fourth-order valence-electron chi connectivity index (χ4n) is 3.94. The van der Waals surface area contributed by atoms with Crippen molar-refractivity contribution in [2.45, 2.75) is 45.1 Å². The van der Waals surface area contributed by atoms with Gasteiger partial charge in [-0.3, -0.25) is 9.10 Å². The molecule has 36 heavy (non-hydrogen) atoms. The molecule has 0 aliphatic heterocycles. The van der Waals surface area contributed by atoms with Crippen LogP contribution in [-0.4, -0.2) is 34.6 Å². The van der Waals surface area contributed by atoms with Gasteiger partial charge in [-0.25, -0.2) is 8.42 Å². The van der Waals surface area contributed by atoms with Crippen molar-refractivity contribution in [3.63, 3.8) is 0 Å². The van der Waals surface area contributed by atoms with Crippen LogP contribution >= 0.6 is 0 Å². The fourth-order valence-corrected chi connectivity index (χ4v) is 5.36. The van der Waals surface area contributed by atoms with Crippen molar-refractivity contribution >= 4 is 21.6 Å². The van der Waals surface area contributed by atoms with Gasteiger partial charge in [0.2, 0.25) is 5.91 Å². The molecule has 0 radical (unpaired) electrons. The molecule has 3 rings (SSSR count). The fraction of sp³-hybridized carbons (Fsp3) is 0.321. The Morgan fingerprint density at radius 2 is 1.64 bits per heavy atom. The summed E-state index contributed by atoms with van der Waals surface area (Å²) in [5.41, 5.74) is 3.21. The van der Waals surface area contributed by atoms with Crippen molar-refractivity contribution in [2.75, 3.05) is 24.6 Å². The van der Waals surface area contributed by atoms with Crippen molar-refractivity contribution in [3.05, 3.63) is 83.4 Å². The number of nitrogens with zero attached hydrogens (tertiary/aromatic N) is 1. The van der Waals surface area contributed by atoms with Crippen molar-refractivity contribution in [3.8, 4) is 11.5 Å². The van der Waals surface area contributed by atoms with E-state index in [1.54, 1.807) is 55.6 Å². The molecule has 8 heteroatoms. The van der Waals surface area contributed by atoms with E-state index < -0.39 is 15.9 Å². The number of carbonyl (C=O) groups excluding carboxylic acids is 1. The maximum atomic E-state index is 13.6. The van der Waals surface area contributed by atoms with Gasteiger partial charge in [0.05, 0.1) is 30.3 Å². The average Bonchev–Trinajstić information content (AvgIpc) is 2.87. The molecule has 7 nitrogen and oxygen atoms in total. The Kier molecular flexibility index (Phi) is 8.98. The van der Waals surface area contributed by atoms with Crippen molar-refractivity contribution < 1.29 is 22.7 Å². The summed E-state index contributed by atoms with van der Waals surface area (Å²) in [5, 5.41) is 3.00. The lowest BCUT2D eigenvalue weighted by Crippen LogP contribution is -2.42. The molecule has 3 aromatic carbocycles. The zero-order valence-corrected chi connectivity index (χ0v) is 22.3. The second kappa shape index (κ2) is 11.9. The standard InChI is InChI=1S/C28H34N2O5S/c1-6-26(22-10-17-27(34-5)21(4)18-22)29-28(31)19-30(23-11-13-24(14-12-23)35-7-2)36(32,33)25-15-8-20(3)9-16-25/h8-18,26H,6-7,19H2,1-5H3,(H,29,31). The van der Waals surface area contributed by atoms with Crippen LogP contribution in [0.25, 0.3) is 0 Å². The predicted molar refractivity (Wildman–Crippen MR) is 142 cm³/mol. The van der Waals surface area contributed by atoms with Crippen LogP contribution in [0.1, 0.15) is 43.0 Å². The van der Waals surface area contributed by atoms with Crippen molar-refractivity contribution in [2.24, 2.45) is 0 Å². The minimum Gasteiger partial charge on any atom is -0.496 e. The number of amides is 1. The quantitative estimate of drug-likeness (QED) is 0.385. The molecular formula is C28H34N2O5S. The summed E-state index contributed by atoms with van der Waals surface area (Å²) in [6, 6.07) is 18.8. The van der Waals surface area contributed by atoms with Gasteiger partial charge in [0, 0.05) is 0 Å². The number of carbonyl (C=O) groups is 1. The number of rotatable bonds is 11. The van der Waals surface area contributed by atoms with Gasteiger partial charge >= 0.3 is 0 Å². The number of nitrogens with one attached hydrogen (secondary N) is 1. The number of hydrogen-bond acceptors (Lipinski definition) is 5. The van der Waals surface area contributed by atoms with Gasteiger partial charge in [-0.05, 0) is 80.8 Å². The Morgan fingerprint density at radius 1 is 0.972 bits per heavy atom. The van der Waals surface area contributed by atoms with E-state index >= 15 is 0 Å². The molecule has 0 heterocycles. The number of ether oxygens (including phenoxy) is 2. The van der Waals surface area contributed by atoms with Gasteiger partial charge in [0.15, 0.2) is 0 Å². The maximum absolute atomic E-state index is 13.6. The third-order valence-corrected chi connectivity index (χ3v) is 7.68. The molecule has 0 saturated carbocycles. The summed E-state index contributed by atoms with van der Waals surface area (Å²) in [6.07, 6.45) is 0.644. The van der Waals surface area contributed by atoms with E-state index in [0.717, 1.165) is 26.7 Å². The van der Waals surface area contributed by atoms with Crippen LogP contribution < -0.4 is 19.1 Å². The highest BCUT2D eigenvalue weighted by Gasteiger charge is 2.28. The largest absolute Gasteiger partial charge is 0.496 e. The number of anilines is 1. The van der Waals surface area contributed by atoms with E-state index in [0.29, 0.717) is 24.5 Å². The zero-order valence-electron chi connectivity index (χ0n) is 21.4. The summed E-state index contributed by atoms with van der Waals surface area (Å²) in [4.78, 5) is 13.3. The first-order valence-corrected chi connectivity index (χ1v) is 13.4. The van der Waals surface area contributed by atoms with Gasteiger partial charge in [-0.2, -0.15) is 0 Å². The van der Waals surface area contributed by atoms with Crippen LogP contribution in [0.5, 0.6) is 11.5 Å². The monoisotopic (exact) mass is 510 g/mol. The molecule has 1 atom stereocenters. The number of methoxy groups -OCH3 is 1. The van der Waals surface area contributed by atoms with Gasteiger partial charge < -0.3 is 14.8 Å². The first-order chi connectivity index (χ1) is 17.2. The van der Waals surface area contributed by atoms with E-state index in [1.165, 1.54) is 0 Å². The van der Waals surface area contributed by atoms with Crippen molar-refractivity contribution in [1.82, 2.24) is 5.32 Å². The third kappa shape index (κ3) is 6.37. The lowest BCUT2D eigenvalue weighted by atomic mass is 10.0. The Morgan fingerprint density at radius 3 is 2.19 bits per heavy atom. The van der Waals surface area contributed by atoms with Crippen LogP contribution in [0.3, 0.4) is 0 Å². The molecule has 1 amide bonds. The molecule has 0 saturated heterocycles. The van der Waals surface area contributed by atoms with Crippen LogP contribution in [0.15, 0.2) is 71.6 Å². The zero-order chi connectivity index (χ0) is 26.3. The summed E-state index contributed by atoms with van der Waals surface area (Å²) < 4.78 is 39.2. The molecular weight excluding hydrogens is 476 g/mol. The predicted octanol–water partition coefficient (Wildman–Crippen LogP) is 5.17. The molecule has 0 spiro atoms. The molecule has 0 fully saturated rings. The summed E-state index contributed by atoms with van der Waals surface area (Å²) >= 11 is 0. The van der Waals surface area contributed by atoms with E-state index in [-0.39, 0.29) is 17.5 Å². The van der Waals surface area contributed by atoms with E-state index in [4.69, 9.17) is 9.47 Å². The molecule has 192 valence electrons. The minimum absolute atomic E-state index is 0.118. The van der Waals surface area contributed by atoms with Gasteiger partial charge in [-0.15, -0.1) is 0 Å². The average molecular weight is 511 g/mol. The van der Waals surface area contributed by atoms with Crippen LogP contribution in [0.4, 0.5) is 5.69 Å². The molecule has 1 unspecified atom stereocenters. The molecule has 0 aliphatic rings. The number of aryl methyl sites for hydroxylation is 2. The maximum Gasteiger partial charge on any atom is 0.264 e. The Bertz CT molecular complexity index is 1270. The first kappa shape index (κ1) is 27.1. The number of benzene rings is 3. The van der Waals surface area contributed by atoms with Crippen LogP contribution in [-0.2, 0) is 14.8 Å². The lowest BCUT2D eigenvalue weighted by molar-refractivity contribution is -0.120. The SMILES string of the molecule is CCOc1ccc(N(CC(=O)NC(CC)c2ccc(OC)c(C)c2)S(=O)(=O)c2ccc(C)cc2)cc1. The Balaban J connectivity index is 1.90. The highest BCUT2D eigenvalue weighted by atomic mass is 32.2. The number of sulfonamides is 1. The highest BCUT2D eigenvalue weighted by Crippen LogP contribution is 2.27. The van der Waals surface area contributed by atoms with Crippen LogP contribution in [0.2, 0.25) is 0 Å². The van der Waals surface area contributed by atoms with Gasteiger partial charge in [0.1, 0.15) is 18.0 Å². The number of hydrogen-bond donors (Lipinski definition) is 1. The Hall–Kier alpha value is -3.52. The second-order valence-electron chi connectivity index (χ2n) is 8.51. The van der Waals surface area contributed by atoms with E-state index in [2.05, 4.69) is 5.32 Å². The second-order valence-corrected chi connectivity index (χ2v) is 10.4. The van der Waals surface area contributed by atoms with E-state index in [1.807, 2.05) is 45.9 Å². The van der Waals surface area contributed by atoms with Crippen molar-refractivity contribution in [1.29, 1.82) is 0 Å². The molecule has 0 aromatic heterocycles. The van der Waals surface area contributed by atoms with Gasteiger partial charge in [0.25, 0.3) is 10.0 Å².